The second-order valence-corrected chi connectivity index (χ2v) is 8.28. The van der Waals surface area contributed by atoms with Crippen molar-refractivity contribution >= 4 is 5.91 Å². The van der Waals surface area contributed by atoms with Crippen LogP contribution in [0.5, 0.6) is 0 Å². The molecule has 1 atom stereocenters. The van der Waals surface area contributed by atoms with Crippen molar-refractivity contribution in [3.63, 3.8) is 0 Å². The molecule has 2 saturated heterocycles. The Morgan fingerprint density at radius 3 is 2.52 bits per heavy atom. The number of carbonyl (C=O) groups excluding carboxylic acids is 1. The van der Waals surface area contributed by atoms with Gasteiger partial charge < -0.3 is 4.90 Å². The van der Waals surface area contributed by atoms with Crippen LogP contribution in [0.15, 0.2) is 42.7 Å². The maximum Gasteiger partial charge on any atom is 0.243 e. The first-order valence-electron chi connectivity index (χ1n) is 10.2. The lowest BCUT2D eigenvalue weighted by molar-refractivity contribution is -0.149. The van der Waals surface area contributed by atoms with Crippen LogP contribution in [0.4, 0.5) is 0 Å². The van der Waals surface area contributed by atoms with E-state index in [1.165, 1.54) is 11.1 Å². The van der Waals surface area contributed by atoms with Crippen molar-refractivity contribution in [3.05, 3.63) is 53.9 Å². The Balaban J connectivity index is 1.48. The molecule has 2 aromatic rings. The van der Waals surface area contributed by atoms with Crippen LogP contribution in [-0.2, 0) is 17.9 Å². The van der Waals surface area contributed by atoms with Crippen LogP contribution in [0.1, 0.15) is 50.7 Å². The summed E-state index contributed by atoms with van der Waals surface area (Å²) in [5.41, 5.74) is 2.16. The molecule has 0 N–H and O–H groups in total. The van der Waals surface area contributed by atoms with Gasteiger partial charge in [-0.3, -0.25) is 14.4 Å². The van der Waals surface area contributed by atoms with Crippen molar-refractivity contribution in [2.24, 2.45) is 0 Å². The summed E-state index contributed by atoms with van der Waals surface area (Å²) >= 11 is 0. The molecule has 1 unspecified atom stereocenters. The average Bonchev–Trinajstić information content (AvgIpc) is 3.26. The first-order chi connectivity index (χ1) is 13.1. The molecule has 0 radical (unpaired) electrons. The molecule has 1 aromatic carbocycles. The van der Waals surface area contributed by atoms with E-state index in [-0.39, 0.29) is 11.6 Å². The summed E-state index contributed by atoms with van der Waals surface area (Å²) in [6.07, 6.45) is 8.29. The van der Waals surface area contributed by atoms with E-state index in [0.717, 1.165) is 51.9 Å². The Labute approximate surface area is 162 Å². The minimum Gasteiger partial charge on any atom is -0.339 e. The van der Waals surface area contributed by atoms with Gasteiger partial charge in [0, 0.05) is 30.9 Å². The highest BCUT2D eigenvalue weighted by atomic mass is 16.2. The molecule has 144 valence electrons. The average molecular weight is 367 g/mol. The molecule has 1 aromatic heterocycles. The molecule has 27 heavy (non-hydrogen) atoms. The van der Waals surface area contributed by atoms with E-state index in [1.807, 2.05) is 16.9 Å². The number of hydrogen-bond donors (Lipinski definition) is 0. The van der Waals surface area contributed by atoms with Crippen LogP contribution in [-0.4, -0.2) is 50.2 Å². The quantitative estimate of drug-likeness (QED) is 0.815. The fourth-order valence-corrected chi connectivity index (χ4v) is 4.77. The number of rotatable bonds is 5. The van der Waals surface area contributed by atoms with E-state index in [9.17, 15) is 4.79 Å². The number of piperidine rings is 1. The van der Waals surface area contributed by atoms with Crippen molar-refractivity contribution in [2.45, 2.75) is 64.2 Å². The van der Waals surface area contributed by atoms with Crippen molar-refractivity contribution in [1.82, 2.24) is 19.6 Å². The lowest BCUT2D eigenvalue weighted by Crippen LogP contribution is -2.61. The first kappa shape index (κ1) is 18.2. The van der Waals surface area contributed by atoms with Gasteiger partial charge in [-0.15, -0.1) is 0 Å². The molecule has 5 heteroatoms. The predicted octanol–water partition coefficient (Wildman–Crippen LogP) is 3.30. The molecule has 0 saturated carbocycles. The Bertz CT molecular complexity index is 785. The summed E-state index contributed by atoms with van der Waals surface area (Å²) in [4.78, 5) is 17.8. The van der Waals surface area contributed by atoms with Gasteiger partial charge in [0.2, 0.25) is 5.91 Å². The van der Waals surface area contributed by atoms with Crippen LogP contribution in [0.3, 0.4) is 0 Å². The molecule has 5 nitrogen and oxygen atoms in total. The van der Waals surface area contributed by atoms with Gasteiger partial charge in [-0.2, -0.15) is 5.10 Å². The second kappa shape index (κ2) is 7.47. The van der Waals surface area contributed by atoms with Crippen LogP contribution in [0, 0.1) is 0 Å². The fraction of sp³-hybridized carbons (Fsp3) is 0.545. The van der Waals surface area contributed by atoms with E-state index in [0.29, 0.717) is 5.91 Å². The fourth-order valence-electron chi connectivity index (χ4n) is 4.77. The minimum atomic E-state index is -0.288. The number of hydrogen-bond acceptors (Lipinski definition) is 3. The molecule has 3 heterocycles. The van der Waals surface area contributed by atoms with Gasteiger partial charge in [0.05, 0.1) is 12.7 Å². The lowest BCUT2D eigenvalue weighted by atomic mass is 9.84. The molecule has 2 aliphatic rings. The zero-order valence-electron chi connectivity index (χ0n) is 16.5. The molecule has 2 fully saturated rings. The zero-order valence-corrected chi connectivity index (χ0v) is 16.5. The summed E-state index contributed by atoms with van der Waals surface area (Å²) in [7, 11) is 0. The second-order valence-electron chi connectivity index (χ2n) is 8.28. The number of carbonyl (C=O) groups is 1. The molecule has 4 rings (SSSR count). The van der Waals surface area contributed by atoms with Gasteiger partial charge in [-0.05, 0) is 51.6 Å². The van der Waals surface area contributed by atoms with Crippen molar-refractivity contribution in [3.8, 4) is 0 Å². The SMILES string of the molecule is CC(C)N1CCCC2(CCCN2Cc2cnn(Cc3ccccc3)c2)C1=O. The Hall–Kier alpha value is -2.14. The van der Waals surface area contributed by atoms with E-state index >= 15 is 0 Å². The smallest absolute Gasteiger partial charge is 0.243 e. The van der Waals surface area contributed by atoms with Gasteiger partial charge in [-0.1, -0.05) is 30.3 Å². The highest BCUT2D eigenvalue weighted by Gasteiger charge is 2.51. The maximum atomic E-state index is 13.3. The largest absolute Gasteiger partial charge is 0.339 e. The number of benzene rings is 1. The zero-order chi connectivity index (χ0) is 18.9. The summed E-state index contributed by atoms with van der Waals surface area (Å²) in [5, 5.41) is 4.54. The summed E-state index contributed by atoms with van der Waals surface area (Å²) in [5.74, 6) is 0.345. The van der Waals surface area contributed by atoms with Gasteiger partial charge in [0.15, 0.2) is 0 Å². The summed E-state index contributed by atoms with van der Waals surface area (Å²) in [6, 6.07) is 10.7. The van der Waals surface area contributed by atoms with E-state index in [2.05, 4.69) is 59.2 Å². The van der Waals surface area contributed by atoms with Gasteiger partial charge in [0.25, 0.3) is 0 Å². The van der Waals surface area contributed by atoms with Crippen LogP contribution < -0.4 is 0 Å². The van der Waals surface area contributed by atoms with Crippen molar-refractivity contribution in [1.29, 1.82) is 0 Å². The lowest BCUT2D eigenvalue weighted by Gasteiger charge is -2.46. The van der Waals surface area contributed by atoms with E-state index in [4.69, 9.17) is 0 Å². The Morgan fingerprint density at radius 2 is 1.78 bits per heavy atom. The maximum absolute atomic E-state index is 13.3. The summed E-state index contributed by atoms with van der Waals surface area (Å²) in [6.45, 7) is 7.76. The van der Waals surface area contributed by atoms with E-state index < -0.39 is 0 Å². The van der Waals surface area contributed by atoms with Crippen LogP contribution >= 0.6 is 0 Å². The van der Waals surface area contributed by atoms with Crippen LogP contribution in [0.25, 0.3) is 0 Å². The third kappa shape index (κ3) is 3.53. The molecule has 0 bridgehead atoms. The van der Waals surface area contributed by atoms with Gasteiger partial charge in [0.1, 0.15) is 5.54 Å². The highest BCUT2D eigenvalue weighted by molar-refractivity contribution is 5.87. The number of aromatic nitrogens is 2. The first-order valence-corrected chi connectivity index (χ1v) is 10.2. The number of nitrogens with zero attached hydrogens (tertiary/aromatic N) is 4. The number of amides is 1. The minimum absolute atomic E-state index is 0.283. The number of likely N-dealkylation sites (tertiary alicyclic amines) is 2. The Kier molecular flexibility index (Phi) is 5.04. The van der Waals surface area contributed by atoms with E-state index in [1.54, 1.807) is 0 Å². The summed E-state index contributed by atoms with van der Waals surface area (Å²) < 4.78 is 2.00. The van der Waals surface area contributed by atoms with Crippen LogP contribution in [0.2, 0.25) is 0 Å². The monoisotopic (exact) mass is 366 g/mol. The Morgan fingerprint density at radius 1 is 1.04 bits per heavy atom. The normalized spacial score (nSPS) is 23.7. The van der Waals surface area contributed by atoms with Gasteiger partial charge in [-0.25, -0.2) is 0 Å². The molecule has 1 amide bonds. The molecule has 0 aliphatic carbocycles. The van der Waals surface area contributed by atoms with Gasteiger partial charge >= 0.3 is 0 Å². The van der Waals surface area contributed by atoms with Crippen molar-refractivity contribution < 1.29 is 4.79 Å². The standard InChI is InChI=1S/C22H30N4O/c1-18(2)26-13-7-11-22(21(26)27)10-6-12-24(22)15-20-14-23-25(17-20)16-19-8-4-3-5-9-19/h3-5,8-9,14,17-18H,6-7,10-13,15-16H2,1-2H3. The third-order valence-corrected chi connectivity index (χ3v) is 6.14. The highest BCUT2D eigenvalue weighted by Crippen LogP contribution is 2.39. The molecule has 1 spiro atoms. The third-order valence-electron chi connectivity index (χ3n) is 6.14. The molecular formula is C22H30N4O. The van der Waals surface area contributed by atoms with Crippen molar-refractivity contribution in [2.75, 3.05) is 13.1 Å². The molecular weight excluding hydrogens is 336 g/mol. The topological polar surface area (TPSA) is 41.4 Å². The molecule has 2 aliphatic heterocycles. The predicted molar refractivity (Wildman–Crippen MR) is 106 cm³/mol.